The van der Waals surface area contributed by atoms with Crippen molar-refractivity contribution < 1.29 is 4.74 Å². The van der Waals surface area contributed by atoms with E-state index < -0.39 is 0 Å². The highest BCUT2D eigenvalue weighted by molar-refractivity contribution is 5.92. The van der Waals surface area contributed by atoms with Crippen LogP contribution in [0.3, 0.4) is 0 Å². The van der Waals surface area contributed by atoms with Crippen molar-refractivity contribution in [2.75, 3.05) is 18.5 Å². The van der Waals surface area contributed by atoms with Crippen LogP contribution < -0.4 is 11.1 Å². The molecule has 4 heteroatoms. The normalized spacial score (nSPS) is 19.9. The van der Waals surface area contributed by atoms with Crippen LogP contribution in [0.25, 0.3) is 0 Å². The number of aryl methyl sites for hydroxylation is 2. The van der Waals surface area contributed by atoms with Gasteiger partial charge in [0.05, 0.1) is 6.10 Å². The predicted molar refractivity (Wildman–Crippen MR) is 84.2 cm³/mol. The molecule has 1 aliphatic heterocycles. The smallest absolute Gasteiger partial charge is 0.193 e. The summed E-state index contributed by atoms with van der Waals surface area (Å²) < 4.78 is 5.68. The lowest BCUT2D eigenvalue weighted by Crippen LogP contribution is -2.24. The number of nitrogens with zero attached hydrogens (tertiary/aromatic N) is 1. The Bertz CT molecular complexity index is 445. The van der Waals surface area contributed by atoms with Crippen LogP contribution in [-0.4, -0.2) is 25.2 Å². The maximum atomic E-state index is 5.92. The van der Waals surface area contributed by atoms with Gasteiger partial charge in [0.1, 0.15) is 0 Å². The Kier molecular flexibility index (Phi) is 5.41. The van der Waals surface area contributed by atoms with Gasteiger partial charge in [0.15, 0.2) is 5.96 Å². The molecule has 1 heterocycles. The summed E-state index contributed by atoms with van der Waals surface area (Å²) in [5.74, 6) is 0.478. The number of aliphatic imine (C=N–C) groups is 1. The molecule has 0 bridgehead atoms. The van der Waals surface area contributed by atoms with Gasteiger partial charge in [0, 0.05) is 18.8 Å². The van der Waals surface area contributed by atoms with Gasteiger partial charge in [0.2, 0.25) is 0 Å². The van der Waals surface area contributed by atoms with E-state index in [4.69, 9.17) is 10.5 Å². The van der Waals surface area contributed by atoms with Crippen LogP contribution in [0, 0.1) is 13.8 Å². The first-order valence-electron chi connectivity index (χ1n) is 7.40. The van der Waals surface area contributed by atoms with E-state index in [0.29, 0.717) is 18.6 Å². The largest absolute Gasteiger partial charge is 0.378 e. The molecule has 1 aromatic carbocycles. The van der Waals surface area contributed by atoms with Gasteiger partial charge in [-0.15, -0.1) is 0 Å². The van der Waals surface area contributed by atoms with Crippen molar-refractivity contribution in [3.63, 3.8) is 0 Å². The maximum absolute atomic E-state index is 5.92. The molecule has 1 saturated heterocycles. The van der Waals surface area contributed by atoms with Crippen LogP contribution >= 0.6 is 0 Å². The number of ether oxygens (including phenoxy) is 1. The Morgan fingerprint density at radius 1 is 1.30 bits per heavy atom. The van der Waals surface area contributed by atoms with Gasteiger partial charge in [-0.25, -0.2) is 0 Å². The Balaban J connectivity index is 1.81. The molecular formula is C16H25N3O. The number of nitrogens with two attached hydrogens (primary N) is 1. The summed E-state index contributed by atoms with van der Waals surface area (Å²) in [6.45, 7) is 5.76. The minimum atomic E-state index is 0.363. The second-order valence-corrected chi connectivity index (χ2v) is 5.55. The molecule has 3 N–H and O–H groups in total. The van der Waals surface area contributed by atoms with E-state index in [-0.39, 0.29) is 0 Å². The Morgan fingerprint density at radius 2 is 2.05 bits per heavy atom. The lowest BCUT2D eigenvalue weighted by molar-refractivity contribution is 0.0129. The maximum Gasteiger partial charge on any atom is 0.193 e. The van der Waals surface area contributed by atoms with E-state index in [1.165, 1.54) is 24.0 Å². The molecular weight excluding hydrogens is 250 g/mol. The average Bonchev–Trinajstić information content (AvgIpc) is 2.38. The summed E-state index contributed by atoms with van der Waals surface area (Å²) in [5.41, 5.74) is 9.35. The van der Waals surface area contributed by atoms with Gasteiger partial charge in [-0.3, -0.25) is 4.99 Å². The third-order valence-corrected chi connectivity index (χ3v) is 3.50. The quantitative estimate of drug-likeness (QED) is 0.656. The number of guanidine groups is 1. The first-order valence-corrected chi connectivity index (χ1v) is 7.40. The Labute approximate surface area is 121 Å². The van der Waals surface area contributed by atoms with Crippen LogP contribution in [0.4, 0.5) is 5.69 Å². The summed E-state index contributed by atoms with van der Waals surface area (Å²) in [6, 6.07) is 6.28. The minimum absolute atomic E-state index is 0.363. The fourth-order valence-electron chi connectivity index (χ4n) is 2.60. The lowest BCUT2D eigenvalue weighted by Gasteiger charge is -2.21. The first-order chi connectivity index (χ1) is 9.63. The molecule has 0 aromatic heterocycles. The number of hydrogen-bond donors (Lipinski definition) is 2. The second-order valence-electron chi connectivity index (χ2n) is 5.55. The highest BCUT2D eigenvalue weighted by Gasteiger charge is 2.12. The second kappa shape index (κ2) is 7.29. The van der Waals surface area contributed by atoms with Gasteiger partial charge < -0.3 is 15.8 Å². The SMILES string of the molecule is Cc1cc(C)cc(NC(N)=NCCC2CCCCO2)c1. The zero-order chi connectivity index (χ0) is 14.4. The van der Waals surface area contributed by atoms with Crippen molar-refractivity contribution in [3.8, 4) is 0 Å². The van der Waals surface area contributed by atoms with E-state index in [9.17, 15) is 0 Å². The minimum Gasteiger partial charge on any atom is -0.378 e. The van der Waals surface area contributed by atoms with E-state index in [2.05, 4.69) is 42.4 Å². The summed E-state index contributed by atoms with van der Waals surface area (Å²) >= 11 is 0. The van der Waals surface area contributed by atoms with Crippen molar-refractivity contribution in [3.05, 3.63) is 29.3 Å². The summed E-state index contributed by atoms with van der Waals surface area (Å²) in [7, 11) is 0. The lowest BCUT2D eigenvalue weighted by atomic mass is 10.1. The van der Waals surface area contributed by atoms with Crippen molar-refractivity contribution >= 4 is 11.6 Å². The third-order valence-electron chi connectivity index (χ3n) is 3.50. The van der Waals surface area contributed by atoms with Crippen LogP contribution in [0.15, 0.2) is 23.2 Å². The molecule has 0 amide bonds. The van der Waals surface area contributed by atoms with Gasteiger partial charge in [-0.05, 0) is 62.8 Å². The van der Waals surface area contributed by atoms with E-state index in [0.717, 1.165) is 25.1 Å². The van der Waals surface area contributed by atoms with E-state index in [1.807, 2.05) is 0 Å². The number of anilines is 1. The predicted octanol–water partition coefficient (Wildman–Crippen LogP) is 2.99. The van der Waals surface area contributed by atoms with Crippen LogP contribution in [0.2, 0.25) is 0 Å². The summed E-state index contributed by atoms with van der Waals surface area (Å²) in [6.07, 6.45) is 4.93. The molecule has 2 rings (SSSR count). The molecule has 1 aromatic rings. The molecule has 1 atom stereocenters. The molecule has 4 nitrogen and oxygen atoms in total. The van der Waals surface area contributed by atoms with Crippen LogP contribution in [0.1, 0.15) is 36.8 Å². The Morgan fingerprint density at radius 3 is 2.70 bits per heavy atom. The molecule has 0 spiro atoms. The molecule has 0 aliphatic carbocycles. The topological polar surface area (TPSA) is 59.6 Å². The van der Waals surface area contributed by atoms with Crippen molar-refractivity contribution in [1.82, 2.24) is 0 Å². The summed E-state index contributed by atoms with van der Waals surface area (Å²) in [4.78, 5) is 4.38. The zero-order valence-electron chi connectivity index (χ0n) is 12.5. The monoisotopic (exact) mass is 275 g/mol. The molecule has 1 unspecified atom stereocenters. The van der Waals surface area contributed by atoms with Crippen LogP contribution in [0.5, 0.6) is 0 Å². The third kappa shape index (κ3) is 4.85. The highest BCUT2D eigenvalue weighted by atomic mass is 16.5. The molecule has 0 radical (unpaired) electrons. The molecule has 0 saturated carbocycles. The molecule has 110 valence electrons. The van der Waals surface area contributed by atoms with Crippen LogP contribution in [-0.2, 0) is 4.74 Å². The average molecular weight is 275 g/mol. The number of rotatable bonds is 4. The molecule has 20 heavy (non-hydrogen) atoms. The van der Waals surface area contributed by atoms with Gasteiger partial charge in [-0.2, -0.15) is 0 Å². The van der Waals surface area contributed by atoms with Crippen molar-refractivity contribution in [2.45, 2.75) is 45.6 Å². The van der Waals surface area contributed by atoms with Crippen molar-refractivity contribution in [2.24, 2.45) is 10.7 Å². The number of nitrogens with one attached hydrogen (secondary N) is 1. The van der Waals surface area contributed by atoms with Gasteiger partial charge in [0.25, 0.3) is 0 Å². The van der Waals surface area contributed by atoms with E-state index >= 15 is 0 Å². The fourth-order valence-corrected chi connectivity index (χ4v) is 2.60. The first kappa shape index (κ1) is 14.9. The standard InChI is InChI=1S/C16H25N3O/c1-12-9-13(2)11-14(10-12)19-16(17)18-7-6-15-5-3-4-8-20-15/h9-11,15H,3-8H2,1-2H3,(H3,17,18,19). The highest BCUT2D eigenvalue weighted by Crippen LogP contribution is 2.16. The molecule has 1 aliphatic rings. The van der Waals surface area contributed by atoms with Gasteiger partial charge >= 0.3 is 0 Å². The fraction of sp³-hybridized carbons (Fsp3) is 0.562. The van der Waals surface area contributed by atoms with E-state index in [1.54, 1.807) is 0 Å². The zero-order valence-corrected chi connectivity index (χ0v) is 12.5. The van der Waals surface area contributed by atoms with Gasteiger partial charge in [-0.1, -0.05) is 6.07 Å². The van der Waals surface area contributed by atoms with Crippen molar-refractivity contribution in [1.29, 1.82) is 0 Å². The number of benzene rings is 1. The number of hydrogen-bond acceptors (Lipinski definition) is 2. The Hall–Kier alpha value is -1.55. The molecule has 1 fully saturated rings. The summed E-state index contributed by atoms with van der Waals surface area (Å²) in [5, 5.41) is 3.15.